The summed E-state index contributed by atoms with van der Waals surface area (Å²) in [6.45, 7) is 1.38. The quantitative estimate of drug-likeness (QED) is 0.497. The summed E-state index contributed by atoms with van der Waals surface area (Å²) in [6.07, 6.45) is -0.0687. The Morgan fingerprint density at radius 1 is 1.15 bits per heavy atom. The average Bonchev–Trinajstić information content (AvgIpc) is 2.36. The molecule has 0 saturated carbocycles. The van der Waals surface area contributed by atoms with Gasteiger partial charge in [-0.1, -0.05) is 23.2 Å². The summed E-state index contributed by atoms with van der Waals surface area (Å²) < 4.78 is 9.68. The van der Waals surface area contributed by atoms with Crippen molar-refractivity contribution in [1.82, 2.24) is 0 Å². The first-order valence-corrected chi connectivity index (χ1v) is 6.47. The Hall–Kier alpha value is -1.59. The number of benzene rings is 1. The van der Waals surface area contributed by atoms with Crippen LogP contribution in [0.4, 0.5) is 0 Å². The number of nitrogens with one attached hydrogen (secondary N) is 1. The van der Waals surface area contributed by atoms with E-state index in [4.69, 9.17) is 38.1 Å². The van der Waals surface area contributed by atoms with Crippen molar-refractivity contribution in [1.29, 1.82) is 5.41 Å². The van der Waals surface area contributed by atoms with Gasteiger partial charge in [-0.3, -0.25) is 4.79 Å². The van der Waals surface area contributed by atoms with E-state index in [1.165, 1.54) is 25.1 Å². The molecular weight excluding hydrogens is 305 g/mol. The van der Waals surface area contributed by atoms with Crippen molar-refractivity contribution in [2.75, 3.05) is 13.2 Å². The molecule has 0 unspecified atom stereocenters. The Balaban J connectivity index is 2.35. The molecule has 0 amide bonds. The molecule has 0 atom stereocenters. The Kier molecular flexibility index (Phi) is 6.48. The summed E-state index contributed by atoms with van der Waals surface area (Å²) in [4.78, 5) is 22.7. The number of ether oxygens (including phenoxy) is 2. The zero-order valence-electron chi connectivity index (χ0n) is 10.7. The van der Waals surface area contributed by atoms with E-state index < -0.39 is 11.9 Å². The van der Waals surface area contributed by atoms with Crippen LogP contribution in [-0.2, 0) is 14.3 Å². The summed E-state index contributed by atoms with van der Waals surface area (Å²) in [7, 11) is 0. The molecule has 0 aromatic heterocycles. The van der Waals surface area contributed by atoms with Crippen molar-refractivity contribution in [3.05, 3.63) is 33.8 Å². The highest BCUT2D eigenvalue weighted by Gasteiger charge is 2.10. The van der Waals surface area contributed by atoms with Gasteiger partial charge in [0.1, 0.15) is 13.2 Å². The first kappa shape index (κ1) is 16.5. The summed E-state index contributed by atoms with van der Waals surface area (Å²) >= 11 is 11.5. The van der Waals surface area contributed by atoms with Gasteiger partial charge in [-0.25, -0.2) is 4.79 Å². The molecule has 1 aromatic rings. The van der Waals surface area contributed by atoms with Gasteiger partial charge in [0.25, 0.3) is 0 Å². The van der Waals surface area contributed by atoms with Crippen LogP contribution >= 0.6 is 23.2 Å². The number of esters is 2. The van der Waals surface area contributed by atoms with Crippen LogP contribution in [0.15, 0.2) is 18.2 Å². The number of hydrogen-bond donors (Lipinski definition) is 1. The Morgan fingerprint density at radius 3 is 2.40 bits per heavy atom. The highest BCUT2D eigenvalue weighted by atomic mass is 35.5. The molecule has 0 saturated heterocycles. The summed E-state index contributed by atoms with van der Waals surface area (Å²) in [5.41, 5.74) is 0.476. The standard InChI is InChI=1S/C13H13Cl2NO4/c1-8(16)6-12(17)19-4-5-20-13(18)9-2-3-10(14)11(15)7-9/h2-3,7,16H,4-6H2,1H3. The zero-order valence-corrected chi connectivity index (χ0v) is 12.3. The molecule has 5 nitrogen and oxygen atoms in total. The van der Waals surface area contributed by atoms with E-state index in [2.05, 4.69) is 0 Å². The van der Waals surface area contributed by atoms with Crippen LogP contribution in [-0.4, -0.2) is 30.9 Å². The predicted molar refractivity (Wildman–Crippen MR) is 75.7 cm³/mol. The van der Waals surface area contributed by atoms with Gasteiger partial charge in [-0.15, -0.1) is 0 Å². The molecule has 0 spiro atoms. The molecule has 108 valence electrons. The topological polar surface area (TPSA) is 76.5 Å². The van der Waals surface area contributed by atoms with Gasteiger partial charge in [0.2, 0.25) is 0 Å². The van der Waals surface area contributed by atoms with E-state index >= 15 is 0 Å². The number of halogens is 2. The van der Waals surface area contributed by atoms with Crippen molar-refractivity contribution in [3.8, 4) is 0 Å². The molecule has 0 aliphatic carbocycles. The maximum atomic E-state index is 11.6. The van der Waals surface area contributed by atoms with Gasteiger partial charge in [-0.05, 0) is 25.1 Å². The third-order valence-electron chi connectivity index (χ3n) is 2.14. The second-order valence-electron chi connectivity index (χ2n) is 3.94. The maximum Gasteiger partial charge on any atom is 0.338 e. The van der Waals surface area contributed by atoms with Crippen LogP contribution in [0, 0.1) is 5.41 Å². The lowest BCUT2D eigenvalue weighted by molar-refractivity contribution is -0.143. The SMILES string of the molecule is CC(=N)CC(=O)OCCOC(=O)c1ccc(Cl)c(Cl)c1. The second-order valence-corrected chi connectivity index (χ2v) is 4.76. The van der Waals surface area contributed by atoms with Crippen molar-refractivity contribution < 1.29 is 19.1 Å². The largest absolute Gasteiger partial charge is 0.462 e. The molecule has 20 heavy (non-hydrogen) atoms. The third kappa shape index (κ3) is 5.59. The number of rotatable bonds is 6. The first-order valence-electron chi connectivity index (χ1n) is 5.72. The minimum absolute atomic E-state index is 0.0564. The molecule has 0 bridgehead atoms. The highest BCUT2D eigenvalue weighted by Crippen LogP contribution is 2.22. The number of carbonyl (C=O) groups excluding carboxylic acids is 2. The van der Waals surface area contributed by atoms with Crippen LogP contribution in [0.5, 0.6) is 0 Å². The Labute approximate surface area is 126 Å². The van der Waals surface area contributed by atoms with Crippen LogP contribution < -0.4 is 0 Å². The van der Waals surface area contributed by atoms with E-state index in [1.807, 2.05) is 0 Å². The number of hydrogen-bond acceptors (Lipinski definition) is 5. The van der Waals surface area contributed by atoms with Crippen LogP contribution in [0.3, 0.4) is 0 Å². The summed E-state index contributed by atoms with van der Waals surface area (Å²) in [6, 6.07) is 4.38. The third-order valence-corrected chi connectivity index (χ3v) is 2.88. The van der Waals surface area contributed by atoms with E-state index in [9.17, 15) is 9.59 Å². The van der Waals surface area contributed by atoms with Gasteiger partial charge in [0.05, 0.1) is 22.0 Å². The van der Waals surface area contributed by atoms with E-state index in [1.54, 1.807) is 0 Å². The molecule has 0 aliphatic heterocycles. The summed E-state index contributed by atoms with van der Waals surface area (Å²) in [5.74, 6) is -1.11. The van der Waals surface area contributed by atoms with Crippen molar-refractivity contribution in [2.24, 2.45) is 0 Å². The molecule has 0 radical (unpaired) electrons. The maximum absolute atomic E-state index is 11.6. The summed E-state index contributed by atoms with van der Waals surface area (Å²) in [5, 5.41) is 7.72. The molecule has 0 heterocycles. The van der Waals surface area contributed by atoms with Gasteiger partial charge in [0, 0.05) is 5.71 Å². The lowest BCUT2D eigenvalue weighted by Crippen LogP contribution is -2.15. The first-order chi connectivity index (χ1) is 9.40. The molecule has 0 fully saturated rings. The van der Waals surface area contributed by atoms with Gasteiger partial charge in [0.15, 0.2) is 0 Å². The minimum atomic E-state index is -0.581. The van der Waals surface area contributed by atoms with Gasteiger partial charge < -0.3 is 14.9 Å². The van der Waals surface area contributed by atoms with Crippen LogP contribution in [0.2, 0.25) is 10.0 Å². The normalized spacial score (nSPS) is 9.95. The number of carbonyl (C=O) groups is 2. The Bertz CT molecular complexity index is 531. The van der Waals surface area contributed by atoms with Crippen LogP contribution in [0.25, 0.3) is 0 Å². The van der Waals surface area contributed by atoms with E-state index in [-0.39, 0.29) is 35.9 Å². The smallest absolute Gasteiger partial charge is 0.338 e. The van der Waals surface area contributed by atoms with Crippen molar-refractivity contribution in [2.45, 2.75) is 13.3 Å². The van der Waals surface area contributed by atoms with Gasteiger partial charge >= 0.3 is 11.9 Å². The molecule has 1 aromatic carbocycles. The highest BCUT2D eigenvalue weighted by molar-refractivity contribution is 6.42. The van der Waals surface area contributed by atoms with E-state index in [0.717, 1.165) is 0 Å². The second kappa shape index (κ2) is 7.87. The molecule has 0 aliphatic rings. The zero-order chi connectivity index (χ0) is 15.1. The molecule has 1 rings (SSSR count). The van der Waals surface area contributed by atoms with E-state index in [0.29, 0.717) is 5.02 Å². The Morgan fingerprint density at radius 2 is 1.80 bits per heavy atom. The lowest BCUT2D eigenvalue weighted by Gasteiger charge is -2.06. The molecule has 1 N–H and O–H groups in total. The predicted octanol–water partition coefficient (Wildman–Crippen LogP) is 3.12. The fraction of sp³-hybridized carbons (Fsp3) is 0.308. The average molecular weight is 318 g/mol. The van der Waals surface area contributed by atoms with Crippen LogP contribution in [0.1, 0.15) is 23.7 Å². The van der Waals surface area contributed by atoms with Crippen molar-refractivity contribution in [3.63, 3.8) is 0 Å². The minimum Gasteiger partial charge on any atom is -0.462 e. The fourth-order valence-electron chi connectivity index (χ4n) is 1.26. The molecular formula is C13H13Cl2NO4. The fourth-order valence-corrected chi connectivity index (χ4v) is 1.56. The molecule has 7 heteroatoms. The lowest BCUT2D eigenvalue weighted by atomic mass is 10.2. The monoisotopic (exact) mass is 317 g/mol. The van der Waals surface area contributed by atoms with Gasteiger partial charge in [-0.2, -0.15) is 0 Å². The van der Waals surface area contributed by atoms with Crippen molar-refractivity contribution >= 4 is 40.9 Å².